The zero-order valence-corrected chi connectivity index (χ0v) is 20.7. The van der Waals surface area contributed by atoms with E-state index in [2.05, 4.69) is 95.4 Å². The van der Waals surface area contributed by atoms with Crippen LogP contribution in [0.15, 0.2) is 78.9 Å². The fourth-order valence-corrected chi connectivity index (χ4v) is 5.06. The molecule has 5 heteroatoms. The van der Waals surface area contributed by atoms with Crippen LogP contribution in [-0.4, -0.2) is 35.1 Å². The average molecular weight is 467 g/mol. The number of nitrogens with zero attached hydrogens (tertiary/aromatic N) is 3. The highest BCUT2D eigenvalue weighted by molar-refractivity contribution is 5.80. The molecule has 0 saturated carbocycles. The van der Waals surface area contributed by atoms with Gasteiger partial charge in [-0.3, -0.25) is 4.79 Å². The van der Waals surface area contributed by atoms with Gasteiger partial charge in [-0.05, 0) is 54.5 Å². The van der Waals surface area contributed by atoms with E-state index in [1.807, 2.05) is 12.1 Å². The lowest BCUT2D eigenvalue weighted by Gasteiger charge is -2.32. The molecule has 1 amide bonds. The second-order valence-corrected chi connectivity index (χ2v) is 9.73. The van der Waals surface area contributed by atoms with Crippen molar-refractivity contribution in [1.29, 1.82) is 0 Å². The molecule has 4 aromatic rings. The highest BCUT2D eigenvalue weighted by Gasteiger charge is 2.28. The molecule has 180 valence electrons. The van der Waals surface area contributed by atoms with Crippen molar-refractivity contribution in [3.8, 4) is 0 Å². The van der Waals surface area contributed by atoms with Crippen molar-refractivity contribution in [1.82, 2.24) is 14.9 Å². The molecule has 5 nitrogen and oxygen atoms in total. The van der Waals surface area contributed by atoms with Crippen LogP contribution < -0.4 is 10.2 Å². The van der Waals surface area contributed by atoms with Crippen molar-refractivity contribution in [2.24, 2.45) is 5.92 Å². The Balaban J connectivity index is 1.26. The summed E-state index contributed by atoms with van der Waals surface area (Å²) in [6.45, 7) is 7.47. The van der Waals surface area contributed by atoms with Crippen molar-refractivity contribution in [3.05, 3.63) is 95.6 Å². The van der Waals surface area contributed by atoms with Crippen LogP contribution in [0.25, 0.3) is 11.0 Å². The van der Waals surface area contributed by atoms with Crippen LogP contribution in [-0.2, 0) is 11.3 Å². The van der Waals surface area contributed by atoms with Crippen molar-refractivity contribution < 1.29 is 4.79 Å². The number of benzene rings is 3. The number of carbonyl (C=O) groups excluding carboxylic acids is 1. The first kappa shape index (κ1) is 23.2. The summed E-state index contributed by atoms with van der Waals surface area (Å²) in [7, 11) is 0. The summed E-state index contributed by atoms with van der Waals surface area (Å²) < 4.78 is 2.33. The number of hydrogen-bond donors (Lipinski definition) is 1. The van der Waals surface area contributed by atoms with Gasteiger partial charge in [0.2, 0.25) is 11.9 Å². The minimum absolute atomic E-state index is 0.0587. The van der Waals surface area contributed by atoms with E-state index in [-0.39, 0.29) is 11.8 Å². The molecule has 1 atom stereocenters. The first-order valence-corrected chi connectivity index (χ1v) is 12.7. The summed E-state index contributed by atoms with van der Waals surface area (Å²) >= 11 is 0. The smallest absolute Gasteiger partial charge is 0.223 e. The quantitative estimate of drug-likeness (QED) is 0.390. The largest absolute Gasteiger partial charge is 0.355 e. The van der Waals surface area contributed by atoms with Gasteiger partial charge in [0.25, 0.3) is 0 Å². The van der Waals surface area contributed by atoms with Crippen LogP contribution in [0.3, 0.4) is 0 Å². The number of nitrogens with one attached hydrogen (secondary N) is 1. The van der Waals surface area contributed by atoms with Crippen LogP contribution >= 0.6 is 0 Å². The van der Waals surface area contributed by atoms with E-state index in [9.17, 15) is 4.79 Å². The number of para-hydroxylation sites is 2. The maximum atomic E-state index is 12.9. The van der Waals surface area contributed by atoms with Crippen molar-refractivity contribution in [3.63, 3.8) is 0 Å². The van der Waals surface area contributed by atoms with Gasteiger partial charge < -0.3 is 14.8 Å². The Morgan fingerprint density at radius 1 is 0.971 bits per heavy atom. The molecule has 0 unspecified atom stereocenters. The van der Waals surface area contributed by atoms with E-state index in [4.69, 9.17) is 4.98 Å². The Morgan fingerprint density at radius 3 is 2.43 bits per heavy atom. The normalized spacial score (nSPS) is 15.3. The lowest BCUT2D eigenvalue weighted by Crippen LogP contribution is -2.42. The first-order valence-electron chi connectivity index (χ1n) is 12.7. The molecule has 35 heavy (non-hydrogen) atoms. The maximum absolute atomic E-state index is 12.9. The summed E-state index contributed by atoms with van der Waals surface area (Å²) in [5, 5.41) is 3.20. The zero-order valence-electron chi connectivity index (χ0n) is 20.7. The van der Waals surface area contributed by atoms with Crippen LogP contribution in [0.2, 0.25) is 0 Å². The second-order valence-electron chi connectivity index (χ2n) is 9.73. The van der Waals surface area contributed by atoms with E-state index in [1.165, 1.54) is 16.7 Å². The number of piperidine rings is 1. The molecule has 0 bridgehead atoms. The number of carbonyl (C=O) groups is 1. The van der Waals surface area contributed by atoms with Crippen molar-refractivity contribution in [2.75, 3.05) is 24.5 Å². The van der Waals surface area contributed by atoms with Crippen LogP contribution in [0.4, 0.5) is 5.95 Å². The molecular weight excluding hydrogens is 432 g/mol. The Morgan fingerprint density at radius 2 is 1.66 bits per heavy atom. The fourth-order valence-electron chi connectivity index (χ4n) is 5.06. The van der Waals surface area contributed by atoms with Crippen molar-refractivity contribution >= 4 is 22.9 Å². The molecule has 0 aliphatic carbocycles. The Kier molecular flexibility index (Phi) is 6.84. The number of hydrogen-bond acceptors (Lipinski definition) is 3. The number of rotatable bonds is 7. The summed E-state index contributed by atoms with van der Waals surface area (Å²) in [6.07, 6.45) is 1.69. The number of imidazole rings is 1. The number of fused-ring (bicyclic) bond motifs is 1. The van der Waals surface area contributed by atoms with E-state index in [0.29, 0.717) is 12.5 Å². The molecule has 5 rings (SSSR count). The molecule has 1 saturated heterocycles. The highest BCUT2D eigenvalue weighted by atomic mass is 16.1. The van der Waals surface area contributed by atoms with Gasteiger partial charge in [-0.1, -0.05) is 73.7 Å². The molecule has 1 fully saturated rings. The topological polar surface area (TPSA) is 50.2 Å². The Labute approximate surface area is 207 Å². The zero-order chi connectivity index (χ0) is 24.2. The number of anilines is 1. The van der Waals surface area contributed by atoms with Gasteiger partial charge in [-0.15, -0.1) is 0 Å². The van der Waals surface area contributed by atoms with E-state index in [0.717, 1.165) is 49.5 Å². The van der Waals surface area contributed by atoms with Crippen LogP contribution in [0.5, 0.6) is 0 Å². The average Bonchev–Trinajstić information content (AvgIpc) is 3.27. The monoisotopic (exact) mass is 466 g/mol. The van der Waals surface area contributed by atoms with Gasteiger partial charge in [0.05, 0.1) is 17.6 Å². The fraction of sp³-hybridized carbons (Fsp3) is 0.333. The molecule has 3 aromatic carbocycles. The predicted molar refractivity (Wildman–Crippen MR) is 143 cm³/mol. The number of aromatic nitrogens is 2. The van der Waals surface area contributed by atoms with Gasteiger partial charge in [-0.2, -0.15) is 0 Å². The molecule has 1 aliphatic rings. The SMILES string of the molecule is Cc1ccccc1Cn1c(N2CCC(C(=O)NC[C@@H](C)c3ccccc3)CC2)nc2ccccc21. The van der Waals surface area contributed by atoms with Crippen LogP contribution in [0, 0.1) is 12.8 Å². The second kappa shape index (κ2) is 10.3. The number of aryl methyl sites for hydroxylation is 1. The van der Waals surface area contributed by atoms with E-state index >= 15 is 0 Å². The summed E-state index contributed by atoms with van der Waals surface area (Å²) in [5.74, 6) is 1.55. The molecule has 1 aliphatic heterocycles. The molecule has 0 spiro atoms. The highest BCUT2D eigenvalue weighted by Crippen LogP contribution is 2.28. The molecule has 2 heterocycles. The van der Waals surface area contributed by atoms with Gasteiger partial charge in [0.15, 0.2) is 0 Å². The van der Waals surface area contributed by atoms with Crippen molar-refractivity contribution in [2.45, 2.75) is 39.2 Å². The standard InChI is InChI=1S/C30H34N4O/c1-22-10-6-7-13-26(22)21-34-28-15-9-8-14-27(28)32-30(34)33-18-16-25(17-19-33)29(35)31-20-23(2)24-11-4-3-5-12-24/h3-15,23,25H,16-21H2,1-2H3,(H,31,35)/t23-/m1/s1. The maximum Gasteiger partial charge on any atom is 0.223 e. The summed E-state index contributed by atoms with van der Waals surface area (Å²) in [6, 6.07) is 27.3. The third kappa shape index (κ3) is 5.09. The third-order valence-electron chi connectivity index (χ3n) is 7.32. The van der Waals surface area contributed by atoms with Crippen LogP contribution in [0.1, 0.15) is 42.4 Å². The third-order valence-corrected chi connectivity index (χ3v) is 7.32. The van der Waals surface area contributed by atoms with Gasteiger partial charge in [0.1, 0.15) is 0 Å². The molecule has 1 aromatic heterocycles. The number of amides is 1. The first-order chi connectivity index (χ1) is 17.1. The van der Waals surface area contributed by atoms with Gasteiger partial charge >= 0.3 is 0 Å². The van der Waals surface area contributed by atoms with Gasteiger partial charge in [0, 0.05) is 25.6 Å². The molecule has 1 N–H and O–H groups in total. The minimum Gasteiger partial charge on any atom is -0.355 e. The lowest BCUT2D eigenvalue weighted by molar-refractivity contribution is -0.125. The Bertz CT molecular complexity index is 1290. The minimum atomic E-state index is 0.0587. The summed E-state index contributed by atoms with van der Waals surface area (Å²) in [4.78, 5) is 20.3. The van der Waals surface area contributed by atoms with E-state index in [1.54, 1.807) is 0 Å². The molecular formula is C30H34N4O. The lowest BCUT2D eigenvalue weighted by atomic mass is 9.95. The van der Waals surface area contributed by atoms with Gasteiger partial charge in [-0.25, -0.2) is 4.98 Å². The summed E-state index contributed by atoms with van der Waals surface area (Å²) in [5.41, 5.74) is 6.02. The molecule has 0 radical (unpaired) electrons. The Hall–Kier alpha value is -3.60. The van der Waals surface area contributed by atoms with E-state index < -0.39 is 0 Å². The predicted octanol–water partition coefficient (Wildman–Crippen LogP) is 5.53.